The number of aliphatic hydroxyl groups is 1. The average molecular weight is 276 g/mol. The van der Waals surface area contributed by atoms with E-state index in [1.165, 1.54) is 0 Å². The van der Waals surface area contributed by atoms with Gasteiger partial charge in [0.05, 0.1) is 12.2 Å². The minimum Gasteiger partial charge on any atom is -0.463 e. The Balaban J connectivity index is 2.38. The maximum Gasteiger partial charge on any atom is 0.313 e. The molecule has 4 nitrogen and oxygen atoms in total. The molecule has 0 bridgehead atoms. The van der Waals surface area contributed by atoms with Crippen molar-refractivity contribution in [1.29, 1.82) is 0 Å². The first-order valence-electron chi connectivity index (χ1n) is 6.60. The van der Waals surface area contributed by atoms with Gasteiger partial charge in [-0.3, -0.25) is 9.59 Å². The summed E-state index contributed by atoms with van der Waals surface area (Å²) in [5, 5.41) is 9.72. The fourth-order valence-electron chi connectivity index (χ4n) is 1.63. The van der Waals surface area contributed by atoms with Gasteiger partial charge in [0.25, 0.3) is 0 Å². The first-order valence-corrected chi connectivity index (χ1v) is 6.60. The van der Waals surface area contributed by atoms with Crippen molar-refractivity contribution in [3.05, 3.63) is 42.0 Å². The summed E-state index contributed by atoms with van der Waals surface area (Å²) in [6, 6.07) is 9.46. The SMILES string of the molecule is CC(C)OC(=O)CC(=O)C[C@@H](O)/C=C/c1ccccc1. The molecule has 1 rings (SSSR count). The Bertz CT molecular complexity index is 463. The van der Waals surface area contributed by atoms with Gasteiger partial charge in [-0.25, -0.2) is 0 Å². The highest BCUT2D eigenvalue weighted by Crippen LogP contribution is 2.06. The normalized spacial score (nSPS) is 12.6. The number of aliphatic hydroxyl groups excluding tert-OH is 1. The summed E-state index contributed by atoms with van der Waals surface area (Å²) in [4.78, 5) is 22.8. The van der Waals surface area contributed by atoms with Crippen molar-refractivity contribution < 1.29 is 19.4 Å². The average Bonchev–Trinajstić information content (AvgIpc) is 2.36. The lowest BCUT2D eigenvalue weighted by molar-refractivity contribution is -0.149. The zero-order valence-electron chi connectivity index (χ0n) is 11.8. The quantitative estimate of drug-likeness (QED) is 0.613. The smallest absolute Gasteiger partial charge is 0.313 e. The Morgan fingerprint density at radius 2 is 1.90 bits per heavy atom. The molecule has 1 aromatic carbocycles. The highest BCUT2D eigenvalue weighted by atomic mass is 16.5. The van der Waals surface area contributed by atoms with E-state index in [4.69, 9.17) is 4.74 Å². The summed E-state index contributed by atoms with van der Waals surface area (Å²) in [6.07, 6.45) is 1.77. The first kappa shape index (κ1) is 16.1. The van der Waals surface area contributed by atoms with E-state index in [0.29, 0.717) is 0 Å². The molecule has 0 saturated heterocycles. The van der Waals surface area contributed by atoms with Gasteiger partial charge in [-0.1, -0.05) is 42.5 Å². The molecule has 1 N–H and O–H groups in total. The first-order chi connectivity index (χ1) is 9.47. The number of Topliss-reactive ketones (excluding diaryl/α,β-unsaturated/α-hetero) is 1. The van der Waals surface area contributed by atoms with Crippen LogP contribution in [0.2, 0.25) is 0 Å². The lowest BCUT2D eigenvalue weighted by Gasteiger charge is -2.08. The third-order valence-electron chi connectivity index (χ3n) is 2.46. The Morgan fingerprint density at radius 3 is 2.50 bits per heavy atom. The largest absolute Gasteiger partial charge is 0.463 e. The van der Waals surface area contributed by atoms with Crippen molar-refractivity contribution in [3.63, 3.8) is 0 Å². The molecule has 0 amide bonds. The van der Waals surface area contributed by atoms with Crippen LogP contribution in [0.25, 0.3) is 6.08 Å². The van der Waals surface area contributed by atoms with E-state index in [1.54, 1.807) is 26.0 Å². The second kappa shape index (κ2) is 8.27. The molecule has 0 aromatic heterocycles. The van der Waals surface area contributed by atoms with Crippen molar-refractivity contribution in [2.75, 3.05) is 0 Å². The number of ketones is 1. The van der Waals surface area contributed by atoms with Gasteiger partial charge in [0.1, 0.15) is 12.2 Å². The molecule has 0 spiro atoms. The van der Waals surface area contributed by atoms with Gasteiger partial charge in [-0.2, -0.15) is 0 Å². The van der Waals surface area contributed by atoms with Crippen molar-refractivity contribution in [3.8, 4) is 0 Å². The van der Waals surface area contributed by atoms with Crippen LogP contribution in [0.1, 0.15) is 32.3 Å². The van der Waals surface area contributed by atoms with Gasteiger partial charge >= 0.3 is 5.97 Å². The van der Waals surface area contributed by atoms with Crippen LogP contribution in [-0.2, 0) is 14.3 Å². The molecule has 0 aliphatic heterocycles. The number of esters is 1. The number of rotatable bonds is 7. The molecule has 1 aromatic rings. The summed E-state index contributed by atoms with van der Waals surface area (Å²) in [7, 11) is 0. The van der Waals surface area contributed by atoms with Gasteiger partial charge < -0.3 is 9.84 Å². The van der Waals surface area contributed by atoms with E-state index in [0.717, 1.165) is 5.56 Å². The van der Waals surface area contributed by atoms with E-state index in [1.807, 2.05) is 30.3 Å². The van der Waals surface area contributed by atoms with Crippen LogP contribution in [-0.4, -0.2) is 29.1 Å². The number of carbonyl (C=O) groups excluding carboxylic acids is 2. The van der Waals surface area contributed by atoms with Gasteiger partial charge in [0, 0.05) is 6.42 Å². The fourth-order valence-corrected chi connectivity index (χ4v) is 1.63. The Morgan fingerprint density at radius 1 is 1.25 bits per heavy atom. The molecule has 20 heavy (non-hydrogen) atoms. The standard InChI is InChI=1S/C16H20O4/c1-12(2)20-16(19)11-15(18)10-14(17)9-8-13-6-4-3-5-7-13/h3-9,12,14,17H,10-11H2,1-2H3/b9-8+/t14-/m0/s1. The summed E-state index contributed by atoms with van der Waals surface area (Å²) >= 11 is 0. The van der Waals surface area contributed by atoms with E-state index in [9.17, 15) is 14.7 Å². The van der Waals surface area contributed by atoms with Crippen molar-refractivity contribution in [2.45, 2.75) is 38.9 Å². The summed E-state index contributed by atoms with van der Waals surface area (Å²) in [5.74, 6) is -0.884. The second-order valence-electron chi connectivity index (χ2n) is 4.80. The van der Waals surface area contributed by atoms with Gasteiger partial charge in [-0.05, 0) is 19.4 Å². The van der Waals surface area contributed by atoms with Crippen LogP contribution in [0, 0.1) is 0 Å². The number of benzene rings is 1. The molecule has 0 radical (unpaired) electrons. The second-order valence-corrected chi connectivity index (χ2v) is 4.80. The molecule has 4 heteroatoms. The van der Waals surface area contributed by atoms with Gasteiger partial charge in [0.2, 0.25) is 0 Å². The van der Waals surface area contributed by atoms with Crippen molar-refractivity contribution in [1.82, 2.24) is 0 Å². The summed E-state index contributed by atoms with van der Waals surface area (Å²) in [5.41, 5.74) is 0.943. The number of hydrogen-bond acceptors (Lipinski definition) is 4. The predicted molar refractivity (Wildman–Crippen MR) is 77.0 cm³/mol. The third kappa shape index (κ3) is 6.85. The number of ether oxygens (including phenoxy) is 1. The van der Waals surface area contributed by atoms with E-state index >= 15 is 0 Å². The molecule has 0 heterocycles. The molecular weight excluding hydrogens is 256 g/mol. The molecule has 108 valence electrons. The lowest BCUT2D eigenvalue weighted by atomic mass is 10.1. The fraction of sp³-hybridized carbons (Fsp3) is 0.375. The van der Waals surface area contributed by atoms with Crippen LogP contribution in [0.5, 0.6) is 0 Å². The molecule has 0 aliphatic rings. The van der Waals surface area contributed by atoms with Crippen molar-refractivity contribution in [2.24, 2.45) is 0 Å². The Hall–Kier alpha value is -1.94. The number of hydrogen-bond donors (Lipinski definition) is 1. The highest BCUT2D eigenvalue weighted by molar-refractivity contribution is 5.95. The monoisotopic (exact) mass is 276 g/mol. The zero-order valence-corrected chi connectivity index (χ0v) is 11.8. The number of carbonyl (C=O) groups is 2. The lowest BCUT2D eigenvalue weighted by Crippen LogP contribution is -2.18. The minimum atomic E-state index is -0.894. The zero-order chi connectivity index (χ0) is 15.0. The Kier molecular flexibility index (Phi) is 6.67. The van der Waals surface area contributed by atoms with Gasteiger partial charge in [-0.15, -0.1) is 0 Å². The topological polar surface area (TPSA) is 63.6 Å². The van der Waals surface area contributed by atoms with E-state index < -0.39 is 12.1 Å². The predicted octanol–water partition coefficient (Wildman–Crippen LogP) is 2.36. The molecule has 0 saturated carbocycles. The molecule has 0 aliphatic carbocycles. The molecular formula is C16H20O4. The maximum atomic E-state index is 11.6. The van der Waals surface area contributed by atoms with Crippen LogP contribution in [0.3, 0.4) is 0 Å². The summed E-state index contributed by atoms with van der Waals surface area (Å²) in [6.45, 7) is 3.44. The molecule has 0 fully saturated rings. The van der Waals surface area contributed by atoms with Gasteiger partial charge in [0.15, 0.2) is 0 Å². The summed E-state index contributed by atoms with van der Waals surface area (Å²) < 4.78 is 4.87. The molecule has 0 unspecified atom stereocenters. The molecule has 1 atom stereocenters. The highest BCUT2D eigenvalue weighted by Gasteiger charge is 2.14. The van der Waals surface area contributed by atoms with E-state index in [-0.39, 0.29) is 24.7 Å². The maximum absolute atomic E-state index is 11.6. The van der Waals surface area contributed by atoms with Crippen LogP contribution >= 0.6 is 0 Å². The van der Waals surface area contributed by atoms with Crippen LogP contribution in [0.15, 0.2) is 36.4 Å². The Labute approximate surface area is 119 Å². The van der Waals surface area contributed by atoms with Crippen LogP contribution < -0.4 is 0 Å². The van der Waals surface area contributed by atoms with E-state index in [2.05, 4.69) is 0 Å². The van der Waals surface area contributed by atoms with Crippen molar-refractivity contribution >= 4 is 17.8 Å². The minimum absolute atomic E-state index is 0.0868. The van der Waals surface area contributed by atoms with Crippen LogP contribution in [0.4, 0.5) is 0 Å². The third-order valence-corrected chi connectivity index (χ3v) is 2.46.